The van der Waals surface area contributed by atoms with Crippen molar-refractivity contribution in [2.24, 2.45) is 0 Å². The molecule has 1 unspecified atom stereocenters. The van der Waals surface area contributed by atoms with Crippen molar-refractivity contribution in [1.29, 1.82) is 0 Å². The molecule has 0 aliphatic carbocycles. The first kappa shape index (κ1) is 26.3. The average Bonchev–Trinajstić information content (AvgIpc) is 3.25. The Bertz CT molecular complexity index is 1270. The first-order chi connectivity index (χ1) is 17.4. The number of benzene rings is 2. The fourth-order valence-electron chi connectivity index (χ4n) is 4.08. The molecule has 0 saturated heterocycles. The number of fused-ring (bicyclic) bond motifs is 1. The standard InChI is InChI=1S/C27H32BrN5O2S/c1-5-7-13-35-22-12-11-19(28)16-21(22)24-23(25(34)30-20-10-8-9-17(3)15-20)18(4)29-26-31-27(32-33(24)26)36-14-6-2/h8-12,15-16,24H,5-7,13-14H2,1-4H3,(H,30,34)(H,29,31,32). The third-order valence-corrected chi connectivity index (χ3v) is 7.35. The zero-order chi connectivity index (χ0) is 25.7. The Labute approximate surface area is 225 Å². The minimum Gasteiger partial charge on any atom is -0.493 e. The van der Waals surface area contributed by atoms with Crippen LogP contribution < -0.4 is 15.4 Å². The molecule has 1 aliphatic heterocycles. The van der Waals surface area contributed by atoms with E-state index < -0.39 is 6.04 Å². The first-order valence-electron chi connectivity index (χ1n) is 12.3. The molecule has 0 saturated carbocycles. The van der Waals surface area contributed by atoms with E-state index in [2.05, 4.69) is 40.4 Å². The Balaban J connectivity index is 1.80. The van der Waals surface area contributed by atoms with Crippen LogP contribution in [0, 0.1) is 6.92 Å². The lowest BCUT2D eigenvalue weighted by Crippen LogP contribution is -2.31. The number of anilines is 2. The fourth-order valence-corrected chi connectivity index (χ4v) is 5.14. The van der Waals surface area contributed by atoms with Gasteiger partial charge >= 0.3 is 0 Å². The molecule has 1 aliphatic rings. The highest BCUT2D eigenvalue weighted by molar-refractivity contribution is 9.10. The van der Waals surface area contributed by atoms with Crippen LogP contribution in [-0.2, 0) is 4.79 Å². The average molecular weight is 571 g/mol. The summed E-state index contributed by atoms with van der Waals surface area (Å²) in [7, 11) is 0. The number of carbonyl (C=O) groups is 1. The van der Waals surface area contributed by atoms with Crippen LogP contribution in [0.5, 0.6) is 5.75 Å². The SMILES string of the molecule is CCCCOc1ccc(Br)cc1C1C(C(=O)Nc2cccc(C)c2)=C(C)Nc2nc(SCCC)nn21. The molecule has 36 heavy (non-hydrogen) atoms. The number of aromatic nitrogens is 3. The molecular weight excluding hydrogens is 538 g/mol. The van der Waals surface area contributed by atoms with Gasteiger partial charge in [-0.1, -0.05) is 60.1 Å². The normalized spacial score (nSPS) is 14.9. The Morgan fingerprint density at radius 1 is 1.19 bits per heavy atom. The molecule has 3 aromatic rings. The van der Waals surface area contributed by atoms with Crippen LogP contribution in [0.4, 0.5) is 11.6 Å². The van der Waals surface area contributed by atoms with Gasteiger partial charge in [-0.15, -0.1) is 5.10 Å². The predicted molar refractivity (Wildman–Crippen MR) is 150 cm³/mol. The summed E-state index contributed by atoms with van der Waals surface area (Å²) in [6.45, 7) is 8.78. The number of unbranched alkanes of at least 4 members (excludes halogenated alkanes) is 1. The molecular formula is C27H32BrN5O2S. The van der Waals surface area contributed by atoms with E-state index in [9.17, 15) is 4.79 Å². The van der Waals surface area contributed by atoms with E-state index >= 15 is 0 Å². The third kappa shape index (κ3) is 5.95. The minimum absolute atomic E-state index is 0.195. The number of nitrogens with zero attached hydrogens (tertiary/aromatic N) is 3. The largest absolute Gasteiger partial charge is 0.493 e. The number of aryl methyl sites for hydroxylation is 1. The Kier molecular flexibility index (Phi) is 8.74. The maximum absolute atomic E-state index is 13.8. The van der Waals surface area contributed by atoms with Crippen LogP contribution in [0.15, 0.2) is 63.4 Å². The van der Waals surface area contributed by atoms with E-state index in [1.165, 1.54) is 0 Å². The van der Waals surface area contributed by atoms with Crippen LogP contribution in [-0.4, -0.2) is 33.0 Å². The highest BCUT2D eigenvalue weighted by atomic mass is 79.9. The zero-order valence-corrected chi connectivity index (χ0v) is 23.5. The van der Waals surface area contributed by atoms with E-state index in [0.29, 0.717) is 23.3 Å². The fraction of sp³-hybridized carbons (Fsp3) is 0.370. The molecule has 7 nitrogen and oxygen atoms in total. The summed E-state index contributed by atoms with van der Waals surface area (Å²) < 4.78 is 8.92. The number of nitrogens with one attached hydrogen (secondary N) is 2. The van der Waals surface area contributed by atoms with Crippen molar-refractivity contribution in [2.75, 3.05) is 23.0 Å². The van der Waals surface area contributed by atoms with E-state index in [0.717, 1.165) is 57.7 Å². The molecule has 4 rings (SSSR count). The van der Waals surface area contributed by atoms with Gasteiger partial charge in [0.25, 0.3) is 5.91 Å². The van der Waals surface area contributed by atoms with Crippen molar-refractivity contribution in [3.63, 3.8) is 0 Å². The molecule has 1 aromatic heterocycles. The molecule has 0 radical (unpaired) electrons. The number of rotatable bonds is 10. The smallest absolute Gasteiger partial charge is 0.255 e. The molecule has 2 aromatic carbocycles. The van der Waals surface area contributed by atoms with Crippen LogP contribution >= 0.6 is 27.7 Å². The Hall–Kier alpha value is -2.78. The Morgan fingerprint density at radius 3 is 2.78 bits per heavy atom. The van der Waals surface area contributed by atoms with E-state index in [1.54, 1.807) is 11.8 Å². The summed E-state index contributed by atoms with van der Waals surface area (Å²) in [6.07, 6.45) is 3.01. The highest BCUT2D eigenvalue weighted by Gasteiger charge is 2.36. The van der Waals surface area contributed by atoms with E-state index in [-0.39, 0.29) is 5.91 Å². The topological polar surface area (TPSA) is 81.1 Å². The Morgan fingerprint density at radius 2 is 2.03 bits per heavy atom. The number of thioether (sulfide) groups is 1. The lowest BCUT2D eigenvalue weighted by Gasteiger charge is -2.30. The van der Waals surface area contributed by atoms with Gasteiger partial charge in [-0.2, -0.15) is 4.98 Å². The maximum Gasteiger partial charge on any atom is 0.255 e. The van der Waals surface area contributed by atoms with Gasteiger partial charge in [-0.25, -0.2) is 4.68 Å². The molecule has 2 heterocycles. The predicted octanol–water partition coefficient (Wildman–Crippen LogP) is 6.96. The monoisotopic (exact) mass is 569 g/mol. The summed E-state index contributed by atoms with van der Waals surface area (Å²) in [4.78, 5) is 18.5. The number of ether oxygens (including phenoxy) is 1. The van der Waals surface area contributed by atoms with E-state index in [4.69, 9.17) is 14.8 Å². The highest BCUT2D eigenvalue weighted by Crippen LogP contribution is 2.41. The lowest BCUT2D eigenvalue weighted by atomic mass is 9.94. The minimum atomic E-state index is -0.510. The van der Waals surface area contributed by atoms with Gasteiger partial charge in [0.05, 0.1) is 12.2 Å². The van der Waals surface area contributed by atoms with Crippen LogP contribution in [0.25, 0.3) is 0 Å². The third-order valence-electron chi connectivity index (χ3n) is 5.81. The van der Waals surface area contributed by atoms with Gasteiger partial charge in [0, 0.05) is 27.2 Å². The first-order valence-corrected chi connectivity index (χ1v) is 14.1. The van der Waals surface area contributed by atoms with Crippen LogP contribution in [0.1, 0.15) is 57.2 Å². The summed E-state index contributed by atoms with van der Waals surface area (Å²) in [5, 5.41) is 11.9. The van der Waals surface area contributed by atoms with Gasteiger partial charge in [0.1, 0.15) is 11.8 Å². The van der Waals surface area contributed by atoms with Crippen molar-refractivity contribution in [2.45, 2.75) is 58.2 Å². The van der Waals surface area contributed by atoms with Crippen LogP contribution in [0.3, 0.4) is 0 Å². The second kappa shape index (κ2) is 12.0. The van der Waals surface area contributed by atoms with Gasteiger partial charge < -0.3 is 15.4 Å². The second-order valence-corrected chi connectivity index (χ2v) is 10.8. The molecule has 0 fully saturated rings. The number of hydrogen-bond acceptors (Lipinski definition) is 6. The summed E-state index contributed by atoms with van der Waals surface area (Å²) in [6, 6.07) is 13.2. The van der Waals surface area contributed by atoms with Crippen molar-refractivity contribution in [3.05, 3.63) is 69.3 Å². The molecule has 0 bridgehead atoms. The van der Waals surface area contributed by atoms with Gasteiger partial charge in [0.15, 0.2) is 0 Å². The number of carbonyl (C=O) groups excluding carboxylic acids is 1. The number of amides is 1. The number of allylic oxidation sites excluding steroid dienone is 1. The maximum atomic E-state index is 13.8. The van der Waals surface area contributed by atoms with Gasteiger partial charge in [0.2, 0.25) is 11.1 Å². The molecule has 2 N–H and O–H groups in total. The number of hydrogen-bond donors (Lipinski definition) is 2. The van der Waals surface area contributed by atoms with Crippen molar-refractivity contribution in [3.8, 4) is 5.75 Å². The summed E-state index contributed by atoms with van der Waals surface area (Å²) in [5.74, 6) is 2.07. The van der Waals surface area contributed by atoms with Crippen molar-refractivity contribution >= 4 is 45.2 Å². The summed E-state index contributed by atoms with van der Waals surface area (Å²) >= 11 is 5.23. The summed E-state index contributed by atoms with van der Waals surface area (Å²) in [5.41, 5.74) is 3.98. The molecule has 0 spiro atoms. The number of halogens is 1. The van der Waals surface area contributed by atoms with Gasteiger partial charge in [-0.05, 0) is 62.6 Å². The molecule has 1 amide bonds. The zero-order valence-electron chi connectivity index (χ0n) is 21.1. The van der Waals surface area contributed by atoms with Crippen molar-refractivity contribution in [1.82, 2.24) is 14.8 Å². The van der Waals surface area contributed by atoms with Crippen LogP contribution in [0.2, 0.25) is 0 Å². The van der Waals surface area contributed by atoms with E-state index in [1.807, 2.05) is 61.0 Å². The molecule has 1 atom stereocenters. The quantitative estimate of drug-likeness (QED) is 0.203. The molecule has 190 valence electrons. The molecule has 9 heteroatoms. The van der Waals surface area contributed by atoms with Gasteiger partial charge in [-0.3, -0.25) is 4.79 Å². The second-order valence-electron chi connectivity index (χ2n) is 8.78. The lowest BCUT2D eigenvalue weighted by molar-refractivity contribution is -0.113. The van der Waals surface area contributed by atoms with Crippen molar-refractivity contribution < 1.29 is 9.53 Å².